The maximum absolute atomic E-state index is 12.9. The summed E-state index contributed by atoms with van der Waals surface area (Å²) in [5.74, 6) is 1.42. The highest BCUT2D eigenvalue weighted by Gasteiger charge is 2.24. The number of rotatable bonds is 3. The molecule has 1 heterocycles. The molecule has 1 atom stereocenters. The second-order valence-corrected chi connectivity index (χ2v) is 6.59. The maximum atomic E-state index is 12.9. The normalized spacial score (nSPS) is 18.1. The molecule has 3 rings (SSSR count). The summed E-state index contributed by atoms with van der Waals surface area (Å²) in [6, 6.07) is 16.2. The first kappa shape index (κ1) is 16.6. The van der Waals surface area contributed by atoms with E-state index in [0.717, 1.165) is 49.2 Å². The lowest BCUT2D eigenvalue weighted by atomic mass is 9.94. The molecule has 3 nitrogen and oxygen atoms in total. The van der Waals surface area contributed by atoms with Crippen LogP contribution in [0, 0.1) is 6.92 Å². The third-order valence-corrected chi connectivity index (χ3v) is 4.81. The number of likely N-dealkylation sites (tertiary alicyclic amines) is 1. The number of ether oxygens (including phenoxy) is 1. The molecule has 1 aliphatic rings. The van der Waals surface area contributed by atoms with Crippen molar-refractivity contribution in [1.82, 2.24) is 4.90 Å². The zero-order valence-electron chi connectivity index (χ0n) is 14.5. The molecule has 0 saturated carbocycles. The van der Waals surface area contributed by atoms with E-state index in [1.165, 1.54) is 5.56 Å². The zero-order chi connectivity index (χ0) is 16.9. The lowest BCUT2D eigenvalue weighted by Gasteiger charge is -2.25. The number of benzene rings is 2. The van der Waals surface area contributed by atoms with Gasteiger partial charge in [-0.05, 0) is 49.6 Å². The first-order valence-corrected chi connectivity index (χ1v) is 8.67. The van der Waals surface area contributed by atoms with E-state index in [1.807, 2.05) is 48.2 Å². The first-order valence-electron chi connectivity index (χ1n) is 8.67. The Kier molecular flexibility index (Phi) is 5.19. The predicted molar refractivity (Wildman–Crippen MR) is 96.7 cm³/mol. The second kappa shape index (κ2) is 7.52. The van der Waals surface area contributed by atoms with Crippen molar-refractivity contribution in [2.75, 3.05) is 20.2 Å². The van der Waals surface area contributed by atoms with E-state index in [0.29, 0.717) is 5.92 Å². The van der Waals surface area contributed by atoms with Gasteiger partial charge in [0.1, 0.15) is 5.75 Å². The molecule has 126 valence electrons. The third-order valence-electron chi connectivity index (χ3n) is 4.81. The number of hydrogen-bond donors (Lipinski definition) is 0. The summed E-state index contributed by atoms with van der Waals surface area (Å²) >= 11 is 0. The van der Waals surface area contributed by atoms with Crippen molar-refractivity contribution < 1.29 is 9.53 Å². The molecule has 1 unspecified atom stereocenters. The molecule has 24 heavy (non-hydrogen) atoms. The summed E-state index contributed by atoms with van der Waals surface area (Å²) in [4.78, 5) is 14.9. The van der Waals surface area contributed by atoms with E-state index in [-0.39, 0.29) is 5.91 Å². The van der Waals surface area contributed by atoms with Gasteiger partial charge >= 0.3 is 0 Å². The Hall–Kier alpha value is -2.29. The molecule has 0 bridgehead atoms. The molecule has 0 aromatic heterocycles. The van der Waals surface area contributed by atoms with E-state index in [1.54, 1.807) is 7.11 Å². The summed E-state index contributed by atoms with van der Waals surface area (Å²) < 4.78 is 5.25. The van der Waals surface area contributed by atoms with Crippen molar-refractivity contribution in [3.63, 3.8) is 0 Å². The Balaban J connectivity index is 1.77. The molecular formula is C21H25NO2. The molecule has 1 saturated heterocycles. The van der Waals surface area contributed by atoms with Crippen molar-refractivity contribution in [2.24, 2.45) is 0 Å². The van der Waals surface area contributed by atoms with Crippen molar-refractivity contribution in [3.8, 4) is 5.75 Å². The molecule has 1 fully saturated rings. The Morgan fingerprint density at radius 2 is 1.92 bits per heavy atom. The van der Waals surface area contributed by atoms with Gasteiger partial charge in [0.15, 0.2) is 0 Å². The fraction of sp³-hybridized carbons (Fsp3) is 0.381. The molecule has 0 N–H and O–H groups in total. The zero-order valence-corrected chi connectivity index (χ0v) is 14.5. The van der Waals surface area contributed by atoms with Crippen LogP contribution in [0.2, 0.25) is 0 Å². The van der Waals surface area contributed by atoms with Crippen molar-refractivity contribution in [2.45, 2.75) is 32.1 Å². The number of nitrogens with zero attached hydrogens (tertiary/aromatic N) is 1. The minimum Gasteiger partial charge on any atom is -0.497 e. The molecule has 3 heteroatoms. The maximum Gasteiger partial charge on any atom is 0.253 e. The lowest BCUT2D eigenvalue weighted by Crippen LogP contribution is -2.34. The van der Waals surface area contributed by atoms with Crippen LogP contribution in [0.1, 0.15) is 46.7 Å². The fourth-order valence-electron chi connectivity index (χ4n) is 3.44. The summed E-state index contributed by atoms with van der Waals surface area (Å²) in [5, 5.41) is 0. The van der Waals surface area contributed by atoms with Crippen LogP contribution in [-0.4, -0.2) is 31.0 Å². The molecule has 0 spiro atoms. The second-order valence-electron chi connectivity index (χ2n) is 6.59. The van der Waals surface area contributed by atoms with Crippen LogP contribution in [-0.2, 0) is 0 Å². The van der Waals surface area contributed by atoms with Gasteiger partial charge in [0.05, 0.1) is 7.11 Å². The fourth-order valence-corrected chi connectivity index (χ4v) is 3.44. The monoisotopic (exact) mass is 323 g/mol. The van der Waals surface area contributed by atoms with E-state index in [9.17, 15) is 4.79 Å². The van der Waals surface area contributed by atoms with Gasteiger partial charge in [0, 0.05) is 24.6 Å². The highest BCUT2D eigenvalue weighted by atomic mass is 16.5. The molecule has 1 aliphatic heterocycles. The van der Waals surface area contributed by atoms with E-state index in [2.05, 4.69) is 12.1 Å². The minimum absolute atomic E-state index is 0.152. The summed E-state index contributed by atoms with van der Waals surface area (Å²) in [7, 11) is 1.68. The third kappa shape index (κ3) is 3.78. The van der Waals surface area contributed by atoms with Gasteiger partial charge in [0.2, 0.25) is 0 Å². The quantitative estimate of drug-likeness (QED) is 0.837. The van der Waals surface area contributed by atoms with Crippen LogP contribution >= 0.6 is 0 Å². The SMILES string of the molecule is COc1ccc(C2CCCCN(C(=O)c3cccc(C)c3)C2)cc1. The summed E-state index contributed by atoms with van der Waals surface area (Å²) in [6.07, 6.45) is 3.36. The molecule has 0 radical (unpaired) electrons. The molecule has 2 aromatic rings. The molecule has 2 aromatic carbocycles. The number of carbonyl (C=O) groups excluding carboxylic acids is 1. The largest absolute Gasteiger partial charge is 0.497 e. The number of hydrogen-bond acceptors (Lipinski definition) is 2. The van der Waals surface area contributed by atoms with Gasteiger partial charge in [-0.2, -0.15) is 0 Å². The van der Waals surface area contributed by atoms with E-state index < -0.39 is 0 Å². The predicted octanol–water partition coefficient (Wildman–Crippen LogP) is 4.41. The van der Waals surface area contributed by atoms with Crippen molar-refractivity contribution >= 4 is 5.91 Å². The van der Waals surface area contributed by atoms with E-state index >= 15 is 0 Å². The summed E-state index contributed by atoms with van der Waals surface area (Å²) in [6.45, 7) is 3.66. The van der Waals surface area contributed by atoms with Gasteiger partial charge in [-0.3, -0.25) is 4.79 Å². The number of amides is 1. The highest BCUT2D eigenvalue weighted by molar-refractivity contribution is 5.94. The Labute approximate surface area is 144 Å². The molecule has 1 amide bonds. The minimum atomic E-state index is 0.152. The summed E-state index contributed by atoms with van der Waals surface area (Å²) in [5.41, 5.74) is 3.22. The topological polar surface area (TPSA) is 29.5 Å². The van der Waals surface area contributed by atoms with Crippen LogP contribution in [0.15, 0.2) is 48.5 Å². The van der Waals surface area contributed by atoms with Gasteiger partial charge in [-0.1, -0.05) is 36.2 Å². The smallest absolute Gasteiger partial charge is 0.253 e. The standard InChI is InChI=1S/C21H25NO2/c1-16-6-5-8-18(14-16)21(23)22-13-4-3-7-19(15-22)17-9-11-20(24-2)12-10-17/h5-6,8-12,14,19H,3-4,7,13,15H2,1-2H3. The van der Waals surface area contributed by atoms with Crippen LogP contribution in [0.5, 0.6) is 5.75 Å². The number of methoxy groups -OCH3 is 1. The van der Waals surface area contributed by atoms with Crippen molar-refractivity contribution in [3.05, 3.63) is 65.2 Å². The van der Waals surface area contributed by atoms with E-state index in [4.69, 9.17) is 4.74 Å². The van der Waals surface area contributed by atoms with Gasteiger partial charge in [-0.15, -0.1) is 0 Å². The first-order chi connectivity index (χ1) is 11.7. The number of carbonyl (C=O) groups is 1. The Morgan fingerprint density at radius 3 is 2.62 bits per heavy atom. The van der Waals surface area contributed by atoms with Crippen LogP contribution < -0.4 is 4.74 Å². The van der Waals surface area contributed by atoms with Gasteiger partial charge in [0.25, 0.3) is 5.91 Å². The van der Waals surface area contributed by atoms with Crippen LogP contribution in [0.4, 0.5) is 0 Å². The lowest BCUT2D eigenvalue weighted by molar-refractivity contribution is 0.0754. The molecular weight excluding hydrogens is 298 g/mol. The molecule has 0 aliphatic carbocycles. The average molecular weight is 323 g/mol. The van der Waals surface area contributed by atoms with Crippen LogP contribution in [0.25, 0.3) is 0 Å². The van der Waals surface area contributed by atoms with Gasteiger partial charge in [-0.25, -0.2) is 0 Å². The van der Waals surface area contributed by atoms with Crippen LogP contribution in [0.3, 0.4) is 0 Å². The number of aryl methyl sites for hydroxylation is 1. The van der Waals surface area contributed by atoms with Gasteiger partial charge < -0.3 is 9.64 Å². The highest BCUT2D eigenvalue weighted by Crippen LogP contribution is 2.28. The Morgan fingerprint density at radius 1 is 1.12 bits per heavy atom. The van der Waals surface area contributed by atoms with Crippen molar-refractivity contribution in [1.29, 1.82) is 0 Å². The average Bonchev–Trinajstić information content (AvgIpc) is 2.87. The Bertz CT molecular complexity index is 693.